The zero-order chi connectivity index (χ0) is 12.2. The van der Waals surface area contributed by atoms with Gasteiger partial charge in [-0.2, -0.15) is 9.40 Å². The molecule has 0 fully saturated rings. The van der Waals surface area contributed by atoms with E-state index in [2.05, 4.69) is 10.2 Å². The van der Waals surface area contributed by atoms with Gasteiger partial charge in [0.1, 0.15) is 0 Å². The predicted molar refractivity (Wildman–Crippen MR) is 55.3 cm³/mol. The number of aromatic amines is 1. The average molecular weight is 247 g/mol. The smallest absolute Gasteiger partial charge is 0.304 e. The summed E-state index contributed by atoms with van der Waals surface area (Å²) in [5.74, 6) is -1.03. The van der Waals surface area contributed by atoms with Gasteiger partial charge in [0.05, 0.1) is 12.6 Å². The first-order chi connectivity index (χ1) is 7.48. The zero-order valence-corrected chi connectivity index (χ0v) is 9.57. The number of hydrogen-bond acceptors (Lipinski definition) is 4. The van der Waals surface area contributed by atoms with Crippen LogP contribution in [0.4, 0.5) is 0 Å². The van der Waals surface area contributed by atoms with Crippen molar-refractivity contribution in [1.29, 1.82) is 0 Å². The zero-order valence-electron chi connectivity index (χ0n) is 8.75. The molecule has 0 radical (unpaired) electrons. The highest BCUT2D eigenvalue weighted by atomic mass is 32.2. The molecule has 90 valence electrons. The molecule has 8 heteroatoms. The lowest BCUT2D eigenvalue weighted by Gasteiger charge is -2.18. The molecular formula is C8H13N3O4S. The average Bonchev–Trinajstić information content (AvgIpc) is 2.70. The van der Waals surface area contributed by atoms with Crippen molar-refractivity contribution >= 4 is 16.0 Å². The van der Waals surface area contributed by atoms with Crippen molar-refractivity contribution in [3.63, 3.8) is 0 Å². The first-order valence-electron chi connectivity index (χ1n) is 4.69. The molecule has 1 heterocycles. The van der Waals surface area contributed by atoms with Crippen molar-refractivity contribution in [2.45, 2.75) is 18.4 Å². The number of aromatic nitrogens is 2. The van der Waals surface area contributed by atoms with Gasteiger partial charge in [0.25, 0.3) is 10.0 Å². The van der Waals surface area contributed by atoms with Crippen molar-refractivity contribution in [3.8, 4) is 0 Å². The lowest BCUT2D eigenvalue weighted by Crippen LogP contribution is -2.33. The molecule has 0 bridgehead atoms. The van der Waals surface area contributed by atoms with Crippen molar-refractivity contribution in [3.05, 3.63) is 12.3 Å². The van der Waals surface area contributed by atoms with E-state index in [-0.39, 0.29) is 24.5 Å². The second kappa shape index (κ2) is 5.08. The van der Waals surface area contributed by atoms with E-state index in [1.54, 1.807) is 6.92 Å². The molecule has 0 aliphatic rings. The summed E-state index contributed by atoms with van der Waals surface area (Å²) in [4.78, 5) is 10.4. The third kappa shape index (κ3) is 2.80. The molecular weight excluding hydrogens is 234 g/mol. The minimum absolute atomic E-state index is 0.0280. The largest absolute Gasteiger partial charge is 0.481 e. The topological polar surface area (TPSA) is 103 Å². The number of rotatable bonds is 6. The van der Waals surface area contributed by atoms with Crippen LogP contribution in [0.1, 0.15) is 13.3 Å². The van der Waals surface area contributed by atoms with Crippen molar-refractivity contribution < 1.29 is 18.3 Å². The van der Waals surface area contributed by atoms with Crippen LogP contribution >= 0.6 is 0 Å². The van der Waals surface area contributed by atoms with Crippen LogP contribution in [0.15, 0.2) is 17.3 Å². The maximum absolute atomic E-state index is 11.9. The summed E-state index contributed by atoms with van der Waals surface area (Å²) in [6.07, 6.45) is 1.11. The summed E-state index contributed by atoms with van der Waals surface area (Å²) in [6, 6.07) is 1.33. The van der Waals surface area contributed by atoms with Gasteiger partial charge < -0.3 is 5.11 Å². The van der Waals surface area contributed by atoms with E-state index in [0.717, 1.165) is 4.31 Å². The number of carbonyl (C=O) groups is 1. The van der Waals surface area contributed by atoms with Crippen LogP contribution in [-0.2, 0) is 14.8 Å². The van der Waals surface area contributed by atoms with Gasteiger partial charge in [0.2, 0.25) is 0 Å². The number of H-pyrrole nitrogens is 1. The first kappa shape index (κ1) is 12.7. The SMILES string of the molecule is CCN(CCC(=O)O)S(=O)(=O)c1ccn[nH]1. The van der Waals surface area contributed by atoms with Crippen LogP contribution in [0, 0.1) is 0 Å². The second-order valence-corrected chi connectivity index (χ2v) is 4.97. The van der Waals surface area contributed by atoms with Crippen molar-refractivity contribution in [1.82, 2.24) is 14.5 Å². The Kier molecular flexibility index (Phi) is 4.02. The lowest BCUT2D eigenvalue weighted by atomic mass is 10.4. The summed E-state index contributed by atoms with van der Waals surface area (Å²) in [5, 5.41) is 14.4. The molecule has 0 spiro atoms. The molecule has 0 saturated carbocycles. The maximum Gasteiger partial charge on any atom is 0.304 e. The number of carboxylic acid groups (broad SMARTS) is 1. The molecule has 7 nitrogen and oxygen atoms in total. The van der Waals surface area contributed by atoms with Crippen LogP contribution in [0.3, 0.4) is 0 Å². The van der Waals surface area contributed by atoms with Crippen LogP contribution in [-0.4, -0.2) is 47.1 Å². The summed E-state index contributed by atoms with van der Waals surface area (Å²) in [6.45, 7) is 1.82. The van der Waals surface area contributed by atoms with Crippen molar-refractivity contribution in [2.75, 3.05) is 13.1 Å². The van der Waals surface area contributed by atoms with E-state index in [4.69, 9.17) is 5.11 Å². The second-order valence-electron chi connectivity index (χ2n) is 3.06. The summed E-state index contributed by atoms with van der Waals surface area (Å²) >= 11 is 0. The summed E-state index contributed by atoms with van der Waals surface area (Å²) in [7, 11) is -3.65. The molecule has 2 N–H and O–H groups in total. The standard InChI is InChI=1S/C8H13N3O4S/c1-2-11(6-4-8(12)13)16(14,15)7-3-5-9-10-7/h3,5H,2,4,6H2,1H3,(H,9,10)(H,12,13). The number of carboxylic acids is 1. The van der Waals surface area contributed by atoms with E-state index in [1.807, 2.05) is 0 Å². The Morgan fingerprint density at radius 2 is 2.31 bits per heavy atom. The fraction of sp³-hybridized carbons (Fsp3) is 0.500. The van der Waals surface area contributed by atoms with Crippen molar-refractivity contribution in [2.24, 2.45) is 0 Å². The number of nitrogens with zero attached hydrogens (tertiary/aromatic N) is 2. The van der Waals surface area contributed by atoms with Crippen LogP contribution < -0.4 is 0 Å². The Morgan fingerprint density at radius 1 is 1.62 bits per heavy atom. The van der Waals surface area contributed by atoms with Gasteiger partial charge in [-0.3, -0.25) is 9.89 Å². The molecule has 1 rings (SSSR count). The minimum atomic E-state index is -3.65. The fourth-order valence-corrected chi connectivity index (χ4v) is 2.55. The Labute approximate surface area is 93.1 Å². The van der Waals surface area contributed by atoms with Gasteiger partial charge in [-0.1, -0.05) is 6.92 Å². The quantitative estimate of drug-likeness (QED) is 0.730. The third-order valence-corrected chi connectivity index (χ3v) is 3.92. The van der Waals surface area contributed by atoms with Gasteiger partial charge >= 0.3 is 5.97 Å². The molecule has 0 unspecified atom stereocenters. The number of hydrogen-bond donors (Lipinski definition) is 2. The highest BCUT2D eigenvalue weighted by Crippen LogP contribution is 2.12. The molecule has 1 aromatic rings. The molecule has 0 aliphatic heterocycles. The monoisotopic (exact) mass is 247 g/mol. The minimum Gasteiger partial charge on any atom is -0.481 e. The highest BCUT2D eigenvalue weighted by molar-refractivity contribution is 7.89. The van der Waals surface area contributed by atoms with Crippen LogP contribution in [0.25, 0.3) is 0 Å². The van der Waals surface area contributed by atoms with Gasteiger partial charge in [0.15, 0.2) is 5.03 Å². The van der Waals surface area contributed by atoms with E-state index >= 15 is 0 Å². The molecule has 16 heavy (non-hydrogen) atoms. The van der Waals surface area contributed by atoms with Crippen LogP contribution in [0.5, 0.6) is 0 Å². The Balaban J connectivity index is 2.84. The number of nitrogens with one attached hydrogen (secondary N) is 1. The Morgan fingerprint density at radius 3 is 2.75 bits per heavy atom. The molecule has 0 atom stereocenters. The maximum atomic E-state index is 11.9. The van der Waals surface area contributed by atoms with E-state index < -0.39 is 16.0 Å². The molecule has 0 amide bonds. The number of aliphatic carboxylic acids is 1. The molecule has 0 aromatic carbocycles. The van der Waals surface area contributed by atoms with E-state index in [0.29, 0.717) is 0 Å². The lowest BCUT2D eigenvalue weighted by molar-refractivity contribution is -0.137. The van der Waals surface area contributed by atoms with E-state index in [9.17, 15) is 13.2 Å². The van der Waals surface area contributed by atoms with Gasteiger partial charge in [0, 0.05) is 13.1 Å². The highest BCUT2D eigenvalue weighted by Gasteiger charge is 2.24. The number of sulfonamides is 1. The fourth-order valence-electron chi connectivity index (χ4n) is 1.19. The van der Waals surface area contributed by atoms with Gasteiger partial charge in [-0.25, -0.2) is 8.42 Å². The van der Waals surface area contributed by atoms with Gasteiger partial charge in [-0.05, 0) is 6.07 Å². The molecule has 0 saturated heterocycles. The summed E-state index contributed by atoms with van der Waals surface area (Å²) < 4.78 is 24.9. The summed E-state index contributed by atoms with van der Waals surface area (Å²) in [5.41, 5.74) is 0. The third-order valence-electron chi connectivity index (χ3n) is 2.02. The molecule has 1 aromatic heterocycles. The van der Waals surface area contributed by atoms with E-state index in [1.165, 1.54) is 12.3 Å². The Hall–Kier alpha value is -1.41. The molecule has 0 aliphatic carbocycles. The predicted octanol–water partition coefficient (Wildman–Crippen LogP) is -0.105. The normalized spacial score (nSPS) is 11.9. The first-order valence-corrected chi connectivity index (χ1v) is 6.13. The van der Waals surface area contributed by atoms with Gasteiger partial charge in [-0.15, -0.1) is 0 Å². The Bertz CT molecular complexity index is 440. The van der Waals surface area contributed by atoms with Crippen LogP contribution in [0.2, 0.25) is 0 Å².